The molecule has 0 saturated heterocycles. The summed E-state index contributed by atoms with van der Waals surface area (Å²) >= 11 is 0. The summed E-state index contributed by atoms with van der Waals surface area (Å²) in [6.45, 7) is 4.31. The third-order valence-corrected chi connectivity index (χ3v) is 3.39. The van der Waals surface area contributed by atoms with Gasteiger partial charge in [-0.25, -0.2) is 0 Å². The Morgan fingerprint density at radius 2 is 1.94 bits per heavy atom. The van der Waals surface area contributed by atoms with E-state index in [0.29, 0.717) is 6.04 Å². The Labute approximate surface area is 109 Å². The fraction of sp³-hybridized carbons (Fsp3) is 0.400. The number of nitrogens with one attached hydrogen (secondary N) is 1. The second kappa shape index (κ2) is 5.36. The van der Waals surface area contributed by atoms with Crippen LogP contribution in [0.2, 0.25) is 0 Å². The standard InChI is InChI=1S/C15H21N3/c1-5-15-14(10-18(4)17-15)13-8-6-12(7-9-13)11(2)16-3/h6-11,16H,5H2,1-4H3. The van der Waals surface area contributed by atoms with Crippen LogP contribution in [-0.2, 0) is 13.5 Å². The lowest BCUT2D eigenvalue weighted by atomic mass is 10.0. The summed E-state index contributed by atoms with van der Waals surface area (Å²) in [7, 11) is 3.95. The molecule has 1 N–H and O–H groups in total. The van der Waals surface area contributed by atoms with Gasteiger partial charge in [-0.2, -0.15) is 5.10 Å². The summed E-state index contributed by atoms with van der Waals surface area (Å²) in [6, 6.07) is 9.11. The van der Waals surface area contributed by atoms with E-state index < -0.39 is 0 Å². The molecule has 1 aromatic heterocycles. The van der Waals surface area contributed by atoms with Crippen LogP contribution >= 0.6 is 0 Å². The van der Waals surface area contributed by atoms with E-state index in [1.807, 2.05) is 18.8 Å². The number of nitrogens with zero attached hydrogens (tertiary/aromatic N) is 2. The van der Waals surface area contributed by atoms with Crippen molar-refractivity contribution in [2.24, 2.45) is 7.05 Å². The van der Waals surface area contributed by atoms with E-state index >= 15 is 0 Å². The van der Waals surface area contributed by atoms with Crippen molar-refractivity contribution in [3.05, 3.63) is 41.7 Å². The quantitative estimate of drug-likeness (QED) is 0.894. The average Bonchev–Trinajstić information content (AvgIpc) is 2.79. The van der Waals surface area contributed by atoms with Crippen LogP contribution < -0.4 is 5.32 Å². The molecule has 0 aliphatic heterocycles. The molecule has 1 unspecified atom stereocenters. The summed E-state index contributed by atoms with van der Waals surface area (Å²) in [6.07, 6.45) is 3.06. The first kappa shape index (κ1) is 12.8. The van der Waals surface area contributed by atoms with Gasteiger partial charge in [-0.3, -0.25) is 4.68 Å². The minimum Gasteiger partial charge on any atom is -0.313 e. The van der Waals surface area contributed by atoms with Crippen molar-refractivity contribution in [1.82, 2.24) is 15.1 Å². The number of hydrogen-bond donors (Lipinski definition) is 1. The van der Waals surface area contributed by atoms with Crippen LogP contribution in [0, 0.1) is 0 Å². The molecule has 0 bridgehead atoms. The first-order valence-corrected chi connectivity index (χ1v) is 6.45. The highest BCUT2D eigenvalue weighted by Crippen LogP contribution is 2.24. The van der Waals surface area contributed by atoms with Crippen molar-refractivity contribution in [3.8, 4) is 11.1 Å². The zero-order chi connectivity index (χ0) is 13.1. The molecule has 1 heterocycles. The molecule has 0 radical (unpaired) electrons. The molecule has 0 spiro atoms. The van der Waals surface area contributed by atoms with Crippen LogP contribution in [0.1, 0.15) is 31.1 Å². The van der Waals surface area contributed by atoms with Crippen LogP contribution in [0.15, 0.2) is 30.5 Å². The molecule has 96 valence electrons. The van der Waals surface area contributed by atoms with Crippen LogP contribution in [-0.4, -0.2) is 16.8 Å². The fourth-order valence-corrected chi connectivity index (χ4v) is 2.15. The van der Waals surface area contributed by atoms with E-state index in [-0.39, 0.29) is 0 Å². The normalized spacial score (nSPS) is 12.7. The molecule has 2 aromatic rings. The van der Waals surface area contributed by atoms with Crippen LogP contribution in [0.5, 0.6) is 0 Å². The highest BCUT2D eigenvalue weighted by Gasteiger charge is 2.09. The van der Waals surface area contributed by atoms with E-state index in [2.05, 4.69) is 54.7 Å². The van der Waals surface area contributed by atoms with Crippen molar-refractivity contribution in [2.75, 3.05) is 7.05 Å². The molecule has 18 heavy (non-hydrogen) atoms. The molecule has 3 heteroatoms. The van der Waals surface area contributed by atoms with Gasteiger partial charge in [0.25, 0.3) is 0 Å². The van der Waals surface area contributed by atoms with Gasteiger partial charge in [-0.15, -0.1) is 0 Å². The van der Waals surface area contributed by atoms with E-state index in [1.54, 1.807) is 0 Å². The van der Waals surface area contributed by atoms with Crippen molar-refractivity contribution in [2.45, 2.75) is 26.3 Å². The zero-order valence-corrected chi connectivity index (χ0v) is 11.6. The third-order valence-electron chi connectivity index (χ3n) is 3.39. The average molecular weight is 243 g/mol. The van der Waals surface area contributed by atoms with Gasteiger partial charge < -0.3 is 5.32 Å². The summed E-state index contributed by atoms with van der Waals surface area (Å²) in [5.74, 6) is 0. The predicted octanol–water partition coefficient (Wildman–Crippen LogP) is 2.93. The molecule has 0 amide bonds. The second-order valence-electron chi connectivity index (χ2n) is 4.65. The number of aromatic nitrogens is 2. The third kappa shape index (κ3) is 2.46. The lowest BCUT2D eigenvalue weighted by molar-refractivity contribution is 0.652. The number of hydrogen-bond acceptors (Lipinski definition) is 2. The van der Waals surface area contributed by atoms with Crippen LogP contribution in [0.25, 0.3) is 11.1 Å². The minimum atomic E-state index is 0.388. The largest absolute Gasteiger partial charge is 0.313 e. The molecule has 3 nitrogen and oxygen atoms in total. The van der Waals surface area contributed by atoms with E-state index in [1.165, 1.54) is 16.7 Å². The Hall–Kier alpha value is -1.61. The van der Waals surface area contributed by atoms with Crippen molar-refractivity contribution in [1.29, 1.82) is 0 Å². The van der Waals surface area contributed by atoms with Gasteiger partial charge >= 0.3 is 0 Å². The van der Waals surface area contributed by atoms with Gasteiger partial charge in [0.05, 0.1) is 5.69 Å². The molecule has 0 fully saturated rings. The maximum atomic E-state index is 4.48. The molecule has 2 rings (SSSR count). The number of rotatable bonds is 4. The minimum absolute atomic E-state index is 0.388. The predicted molar refractivity (Wildman–Crippen MR) is 75.5 cm³/mol. The zero-order valence-electron chi connectivity index (χ0n) is 11.6. The Morgan fingerprint density at radius 1 is 1.28 bits per heavy atom. The topological polar surface area (TPSA) is 29.9 Å². The molecule has 0 aliphatic carbocycles. The monoisotopic (exact) mass is 243 g/mol. The molecule has 1 atom stereocenters. The van der Waals surface area contributed by atoms with Gasteiger partial charge in [0.1, 0.15) is 0 Å². The summed E-state index contributed by atoms with van der Waals surface area (Å²) in [5.41, 5.74) is 4.95. The summed E-state index contributed by atoms with van der Waals surface area (Å²) in [5, 5.41) is 7.73. The number of benzene rings is 1. The Bertz CT molecular complexity index is 511. The highest BCUT2D eigenvalue weighted by atomic mass is 15.2. The smallest absolute Gasteiger partial charge is 0.0700 e. The van der Waals surface area contributed by atoms with Crippen LogP contribution in [0.4, 0.5) is 0 Å². The highest BCUT2D eigenvalue weighted by molar-refractivity contribution is 5.65. The Kier molecular flexibility index (Phi) is 3.82. The lowest BCUT2D eigenvalue weighted by Gasteiger charge is -2.11. The lowest BCUT2D eigenvalue weighted by Crippen LogP contribution is -2.11. The summed E-state index contributed by atoms with van der Waals surface area (Å²) in [4.78, 5) is 0. The molecule has 0 saturated carbocycles. The Morgan fingerprint density at radius 3 is 2.50 bits per heavy atom. The maximum Gasteiger partial charge on any atom is 0.0700 e. The SMILES string of the molecule is CCc1nn(C)cc1-c1ccc(C(C)NC)cc1. The van der Waals surface area contributed by atoms with Gasteiger partial charge in [0.15, 0.2) is 0 Å². The van der Waals surface area contributed by atoms with Gasteiger partial charge in [0.2, 0.25) is 0 Å². The maximum absolute atomic E-state index is 4.48. The fourth-order valence-electron chi connectivity index (χ4n) is 2.15. The molecule has 1 aromatic carbocycles. The molecular weight excluding hydrogens is 222 g/mol. The van der Waals surface area contributed by atoms with E-state index in [0.717, 1.165) is 12.1 Å². The first-order valence-electron chi connectivity index (χ1n) is 6.45. The molecule has 0 aliphatic rings. The van der Waals surface area contributed by atoms with E-state index in [4.69, 9.17) is 0 Å². The van der Waals surface area contributed by atoms with Crippen LogP contribution in [0.3, 0.4) is 0 Å². The van der Waals surface area contributed by atoms with Crippen molar-refractivity contribution < 1.29 is 0 Å². The number of aryl methyl sites for hydroxylation is 2. The first-order chi connectivity index (χ1) is 8.65. The van der Waals surface area contributed by atoms with Gasteiger partial charge in [-0.05, 0) is 31.5 Å². The van der Waals surface area contributed by atoms with E-state index in [9.17, 15) is 0 Å². The molecular formula is C15H21N3. The summed E-state index contributed by atoms with van der Waals surface area (Å²) < 4.78 is 1.89. The van der Waals surface area contributed by atoms with Gasteiger partial charge in [-0.1, -0.05) is 31.2 Å². The second-order valence-corrected chi connectivity index (χ2v) is 4.65. The van der Waals surface area contributed by atoms with Crippen molar-refractivity contribution >= 4 is 0 Å². The Balaban J connectivity index is 2.34. The van der Waals surface area contributed by atoms with Gasteiger partial charge in [0, 0.05) is 24.8 Å². The van der Waals surface area contributed by atoms with Crippen molar-refractivity contribution in [3.63, 3.8) is 0 Å².